The number of rotatable bonds is 6. The van der Waals surface area contributed by atoms with E-state index in [4.69, 9.17) is 11.5 Å². The minimum absolute atomic E-state index is 0.0856. The molecule has 1 aliphatic rings. The number of primary amides is 1. The highest BCUT2D eigenvalue weighted by molar-refractivity contribution is 5.89. The van der Waals surface area contributed by atoms with Gasteiger partial charge in [-0.25, -0.2) is 0 Å². The summed E-state index contributed by atoms with van der Waals surface area (Å²) in [5, 5.41) is 0. The predicted molar refractivity (Wildman–Crippen MR) is 71.8 cm³/mol. The first-order valence-electron chi connectivity index (χ1n) is 6.42. The van der Waals surface area contributed by atoms with E-state index in [-0.39, 0.29) is 12.3 Å². The molecule has 4 N–H and O–H groups in total. The van der Waals surface area contributed by atoms with Crippen molar-refractivity contribution in [3.05, 3.63) is 35.9 Å². The Balaban J connectivity index is 2.05. The molecule has 0 radical (unpaired) electrons. The van der Waals surface area contributed by atoms with Crippen molar-refractivity contribution in [2.45, 2.75) is 31.3 Å². The van der Waals surface area contributed by atoms with Gasteiger partial charge in [0.2, 0.25) is 11.8 Å². The fourth-order valence-corrected chi connectivity index (χ4v) is 1.96. The van der Waals surface area contributed by atoms with E-state index >= 15 is 0 Å². The van der Waals surface area contributed by atoms with Gasteiger partial charge in [0.25, 0.3) is 0 Å². The Hall–Kier alpha value is -1.88. The average molecular weight is 261 g/mol. The number of benzene rings is 1. The molecule has 0 aromatic heterocycles. The van der Waals surface area contributed by atoms with E-state index in [1.807, 2.05) is 30.3 Å². The second-order valence-corrected chi connectivity index (χ2v) is 5.08. The van der Waals surface area contributed by atoms with Gasteiger partial charge in [0, 0.05) is 19.5 Å². The van der Waals surface area contributed by atoms with E-state index in [2.05, 4.69) is 0 Å². The summed E-state index contributed by atoms with van der Waals surface area (Å²) < 4.78 is 0. The fourth-order valence-electron chi connectivity index (χ4n) is 1.96. The van der Waals surface area contributed by atoms with Crippen molar-refractivity contribution in [2.24, 2.45) is 11.5 Å². The van der Waals surface area contributed by atoms with Gasteiger partial charge in [0.05, 0.1) is 5.54 Å². The van der Waals surface area contributed by atoms with Gasteiger partial charge in [-0.05, 0) is 18.4 Å². The first-order valence-corrected chi connectivity index (χ1v) is 6.42. The predicted octanol–water partition coefficient (Wildman–Crippen LogP) is 0.382. The quantitative estimate of drug-likeness (QED) is 0.776. The van der Waals surface area contributed by atoms with Crippen LogP contribution < -0.4 is 11.5 Å². The number of carbonyl (C=O) groups is 2. The maximum atomic E-state index is 12.3. The fraction of sp³-hybridized carbons (Fsp3) is 0.429. The lowest BCUT2D eigenvalue weighted by Crippen LogP contribution is -2.46. The maximum absolute atomic E-state index is 12.3. The standard InChI is InChI=1S/C14H19N3O2/c15-12(18)6-9-17(13(19)14(16)7-8-14)10-11-4-2-1-3-5-11/h1-5H,6-10,16H2,(H2,15,18). The van der Waals surface area contributed by atoms with Gasteiger partial charge in [0.15, 0.2) is 0 Å². The lowest BCUT2D eigenvalue weighted by atomic mass is 10.1. The molecule has 1 fully saturated rings. The van der Waals surface area contributed by atoms with Gasteiger partial charge >= 0.3 is 0 Å². The van der Waals surface area contributed by atoms with E-state index < -0.39 is 11.4 Å². The number of hydrogen-bond donors (Lipinski definition) is 2. The molecule has 1 aliphatic carbocycles. The summed E-state index contributed by atoms with van der Waals surface area (Å²) in [7, 11) is 0. The molecule has 0 atom stereocenters. The molecule has 19 heavy (non-hydrogen) atoms. The monoisotopic (exact) mass is 261 g/mol. The van der Waals surface area contributed by atoms with Crippen molar-refractivity contribution in [3.8, 4) is 0 Å². The van der Waals surface area contributed by atoms with Crippen LogP contribution in [0.4, 0.5) is 0 Å². The minimum Gasteiger partial charge on any atom is -0.370 e. The summed E-state index contributed by atoms with van der Waals surface area (Å²) in [4.78, 5) is 24.8. The van der Waals surface area contributed by atoms with E-state index in [0.29, 0.717) is 25.9 Å². The SMILES string of the molecule is NC(=O)CCN(Cc1ccccc1)C(=O)C1(N)CC1. The highest BCUT2D eigenvalue weighted by Crippen LogP contribution is 2.34. The number of hydrogen-bond acceptors (Lipinski definition) is 3. The summed E-state index contributed by atoms with van der Waals surface area (Å²) in [5.41, 5.74) is 11.4. The molecule has 5 nitrogen and oxygen atoms in total. The van der Waals surface area contributed by atoms with Crippen LogP contribution >= 0.6 is 0 Å². The molecule has 102 valence electrons. The summed E-state index contributed by atoms with van der Waals surface area (Å²) in [6.07, 6.45) is 1.59. The summed E-state index contributed by atoms with van der Waals surface area (Å²) in [6.45, 7) is 0.786. The zero-order valence-corrected chi connectivity index (χ0v) is 10.8. The Morgan fingerprint density at radius 1 is 1.21 bits per heavy atom. The molecule has 1 saturated carbocycles. The molecule has 0 heterocycles. The van der Waals surface area contributed by atoms with E-state index in [1.165, 1.54) is 0 Å². The van der Waals surface area contributed by atoms with Gasteiger partial charge in [0.1, 0.15) is 0 Å². The molecule has 2 rings (SSSR count). The van der Waals surface area contributed by atoms with Gasteiger partial charge in [-0.2, -0.15) is 0 Å². The molecule has 1 aromatic carbocycles. The zero-order chi connectivity index (χ0) is 13.9. The Bertz CT molecular complexity index is 469. The van der Waals surface area contributed by atoms with Crippen molar-refractivity contribution in [3.63, 3.8) is 0 Å². The van der Waals surface area contributed by atoms with Crippen LogP contribution in [-0.2, 0) is 16.1 Å². The Kier molecular flexibility index (Phi) is 3.85. The molecule has 0 bridgehead atoms. The lowest BCUT2D eigenvalue weighted by molar-refractivity contribution is -0.134. The van der Waals surface area contributed by atoms with Gasteiger partial charge in [-0.1, -0.05) is 30.3 Å². The van der Waals surface area contributed by atoms with E-state index in [0.717, 1.165) is 5.56 Å². The molecule has 2 amide bonds. The third kappa shape index (κ3) is 3.54. The molecule has 0 unspecified atom stereocenters. The molecule has 0 aliphatic heterocycles. The molecule has 5 heteroatoms. The number of carbonyl (C=O) groups excluding carboxylic acids is 2. The van der Waals surface area contributed by atoms with Crippen LogP contribution in [0.25, 0.3) is 0 Å². The van der Waals surface area contributed by atoms with Crippen molar-refractivity contribution in [1.82, 2.24) is 4.90 Å². The largest absolute Gasteiger partial charge is 0.370 e. The number of nitrogens with two attached hydrogens (primary N) is 2. The zero-order valence-electron chi connectivity index (χ0n) is 10.8. The average Bonchev–Trinajstić information content (AvgIpc) is 3.14. The van der Waals surface area contributed by atoms with Crippen molar-refractivity contribution < 1.29 is 9.59 Å². The second-order valence-electron chi connectivity index (χ2n) is 5.08. The van der Waals surface area contributed by atoms with E-state index in [1.54, 1.807) is 4.90 Å². The first kappa shape index (κ1) is 13.5. The third-order valence-electron chi connectivity index (χ3n) is 3.35. The van der Waals surface area contributed by atoms with Crippen molar-refractivity contribution in [1.29, 1.82) is 0 Å². The van der Waals surface area contributed by atoms with Crippen LogP contribution in [0.2, 0.25) is 0 Å². The van der Waals surface area contributed by atoms with Crippen LogP contribution in [0.5, 0.6) is 0 Å². The second kappa shape index (κ2) is 5.40. The molecular formula is C14H19N3O2. The Morgan fingerprint density at radius 2 is 1.84 bits per heavy atom. The topological polar surface area (TPSA) is 89.4 Å². The minimum atomic E-state index is -0.716. The summed E-state index contributed by atoms with van der Waals surface area (Å²) >= 11 is 0. The number of amides is 2. The highest BCUT2D eigenvalue weighted by Gasteiger charge is 2.48. The molecule has 0 saturated heterocycles. The van der Waals surface area contributed by atoms with Gasteiger partial charge in [-0.15, -0.1) is 0 Å². The van der Waals surface area contributed by atoms with Crippen molar-refractivity contribution >= 4 is 11.8 Å². The molecular weight excluding hydrogens is 242 g/mol. The number of nitrogens with zero attached hydrogens (tertiary/aromatic N) is 1. The summed E-state index contributed by atoms with van der Waals surface area (Å²) in [6, 6.07) is 9.65. The van der Waals surface area contributed by atoms with Crippen LogP contribution in [0.3, 0.4) is 0 Å². The third-order valence-corrected chi connectivity index (χ3v) is 3.35. The Labute approximate surface area is 112 Å². The smallest absolute Gasteiger partial charge is 0.242 e. The molecule has 0 spiro atoms. The van der Waals surface area contributed by atoms with E-state index in [9.17, 15) is 9.59 Å². The van der Waals surface area contributed by atoms with Crippen molar-refractivity contribution in [2.75, 3.05) is 6.54 Å². The van der Waals surface area contributed by atoms with Crippen LogP contribution in [0.1, 0.15) is 24.8 Å². The molecule has 1 aromatic rings. The van der Waals surface area contributed by atoms with Gasteiger partial charge in [-0.3, -0.25) is 9.59 Å². The Morgan fingerprint density at radius 3 is 2.37 bits per heavy atom. The summed E-state index contributed by atoms with van der Waals surface area (Å²) in [5.74, 6) is -0.495. The first-order chi connectivity index (χ1) is 9.01. The lowest BCUT2D eigenvalue weighted by Gasteiger charge is -2.25. The highest BCUT2D eigenvalue weighted by atomic mass is 16.2. The van der Waals surface area contributed by atoms with Crippen LogP contribution in [-0.4, -0.2) is 28.8 Å². The van der Waals surface area contributed by atoms with Crippen LogP contribution in [0.15, 0.2) is 30.3 Å². The van der Waals surface area contributed by atoms with Crippen LogP contribution in [0, 0.1) is 0 Å². The maximum Gasteiger partial charge on any atom is 0.242 e. The normalized spacial score (nSPS) is 15.8. The van der Waals surface area contributed by atoms with Gasteiger partial charge < -0.3 is 16.4 Å².